The molecule has 3 rings (SSSR count). The van der Waals surface area contributed by atoms with Gasteiger partial charge in [0, 0.05) is 23.4 Å². The van der Waals surface area contributed by atoms with Crippen molar-refractivity contribution < 1.29 is 38.1 Å². The number of rotatable bonds is 12. The zero-order chi connectivity index (χ0) is 27.3. The standard InChI is InChI=1S/C29H27NO8/c1-3-26(31)37-18-8-7-17-36-23-14-11-21(12-15-23)28(33)38-25-19-22(13-16-24(25)29(34)35-2)30-27(32)20-9-5-4-6-10-20/h3-6,9-16,19H,1,7-8,17-18H2,2H3,(H,30,32). The molecule has 3 aromatic carbocycles. The van der Waals surface area contributed by atoms with Crippen molar-refractivity contribution in [3.8, 4) is 11.5 Å². The molecule has 0 saturated heterocycles. The molecular formula is C29H27NO8. The molecular weight excluding hydrogens is 490 g/mol. The summed E-state index contributed by atoms with van der Waals surface area (Å²) in [5.74, 6) is -1.75. The number of ether oxygens (including phenoxy) is 4. The van der Waals surface area contributed by atoms with Crippen molar-refractivity contribution in [2.24, 2.45) is 0 Å². The number of methoxy groups -OCH3 is 1. The highest BCUT2D eigenvalue weighted by molar-refractivity contribution is 6.05. The van der Waals surface area contributed by atoms with Gasteiger partial charge in [0.15, 0.2) is 0 Å². The molecule has 1 amide bonds. The summed E-state index contributed by atoms with van der Waals surface area (Å²) in [5.41, 5.74) is 1.03. The number of unbranched alkanes of at least 4 members (excludes halogenated alkanes) is 1. The second-order valence-electron chi connectivity index (χ2n) is 7.86. The number of carbonyl (C=O) groups excluding carboxylic acids is 4. The molecule has 0 saturated carbocycles. The van der Waals surface area contributed by atoms with Crippen molar-refractivity contribution in [2.75, 3.05) is 25.6 Å². The molecule has 0 spiro atoms. The van der Waals surface area contributed by atoms with Crippen LogP contribution in [-0.4, -0.2) is 44.1 Å². The average Bonchev–Trinajstić information content (AvgIpc) is 2.95. The Morgan fingerprint density at radius 2 is 1.55 bits per heavy atom. The van der Waals surface area contributed by atoms with Gasteiger partial charge in [0.05, 0.1) is 25.9 Å². The molecule has 9 nitrogen and oxygen atoms in total. The topological polar surface area (TPSA) is 117 Å². The zero-order valence-corrected chi connectivity index (χ0v) is 20.8. The van der Waals surface area contributed by atoms with E-state index < -0.39 is 17.9 Å². The van der Waals surface area contributed by atoms with Gasteiger partial charge in [0.2, 0.25) is 0 Å². The normalized spacial score (nSPS) is 10.1. The molecule has 9 heteroatoms. The van der Waals surface area contributed by atoms with Crippen LogP contribution in [0.1, 0.15) is 43.9 Å². The van der Waals surface area contributed by atoms with E-state index in [2.05, 4.69) is 11.9 Å². The lowest BCUT2D eigenvalue weighted by molar-refractivity contribution is -0.137. The van der Waals surface area contributed by atoms with Crippen molar-refractivity contribution in [1.82, 2.24) is 0 Å². The minimum atomic E-state index is -0.711. The molecule has 38 heavy (non-hydrogen) atoms. The van der Waals surface area contributed by atoms with Gasteiger partial charge in [0.1, 0.15) is 17.1 Å². The Morgan fingerprint density at radius 1 is 0.842 bits per heavy atom. The van der Waals surface area contributed by atoms with Gasteiger partial charge in [-0.25, -0.2) is 14.4 Å². The molecule has 0 heterocycles. The summed E-state index contributed by atoms with van der Waals surface area (Å²) in [6, 6.07) is 19.2. The smallest absolute Gasteiger partial charge is 0.343 e. The van der Waals surface area contributed by atoms with Crippen LogP contribution in [0.3, 0.4) is 0 Å². The highest BCUT2D eigenvalue weighted by Crippen LogP contribution is 2.26. The highest BCUT2D eigenvalue weighted by Gasteiger charge is 2.19. The van der Waals surface area contributed by atoms with Crippen molar-refractivity contribution in [2.45, 2.75) is 12.8 Å². The molecule has 0 radical (unpaired) electrons. The third-order valence-corrected chi connectivity index (χ3v) is 5.19. The van der Waals surface area contributed by atoms with Crippen LogP contribution >= 0.6 is 0 Å². The van der Waals surface area contributed by atoms with E-state index >= 15 is 0 Å². The Hall–Kier alpha value is -4.92. The van der Waals surface area contributed by atoms with Gasteiger partial charge in [-0.3, -0.25) is 4.79 Å². The highest BCUT2D eigenvalue weighted by atomic mass is 16.5. The Labute approximate surface area is 220 Å². The Balaban J connectivity index is 1.62. The monoisotopic (exact) mass is 517 g/mol. The summed E-state index contributed by atoms with van der Waals surface area (Å²) < 4.78 is 20.8. The van der Waals surface area contributed by atoms with Crippen molar-refractivity contribution in [1.29, 1.82) is 0 Å². The summed E-state index contributed by atoms with van der Waals surface area (Å²) in [6.45, 7) is 4.01. The first-order valence-electron chi connectivity index (χ1n) is 11.7. The Bertz CT molecular complexity index is 1290. The minimum Gasteiger partial charge on any atom is -0.494 e. The van der Waals surface area contributed by atoms with Gasteiger partial charge in [-0.1, -0.05) is 24.8 Å². The van der Waals surface area contributed by atoms with E-state index in [1.807, 2.05) is 0 Å². The summed E-state index contributed by atoms with van der Waals surface area (Å²) in [6.07, 6.45) is 2.42. The second-order valence-corrected chi connectivity index (χ2v) is 7.86. The summed E-state index contributed by atoms with van der Waals surface area (Å²) in [5, 5.41) is 2.72. The molecule has 0 atom stereocenters. The van der Waals surface area contributed by atoms with E-state index in [1.54, 1.807) is 42.5 Å². The molecule has 0 bridgehead atoms. The first kappa shape index (κ1) is 27.7. The van der Waals surface area contributed by atoms with E-state index in [9.17, 15) is 19.2 Å². The molecule has 0 aliphatic carbocycles. The number of hydrogen-bond acceptors (Lipinski definition) is 8. The molecule has 0 aromatic heterocycles. The van der Waals surface area contributed by atoms with Gasteiger partial charge in [-0.05, 0) is 61.4 Å². The van der Waals surface area contributed by atoms with E-state index in [0.717, 1.165) is 6.08 Å². The summed E-state index contributed by atoms with van der Waals surface area (Å²) in [4.78, 5) is 48.5. The maximum absolute atomic E-state index is 12.8. The van der Waals surface area contributed by atoms with Crippen molar-refractivity contribution >= 4 is 29.5 Å². The maximum atomic E-state index is 12.8. The van der Waals surface area contributed by atoms with Crippen molar-refractivity contribution in [3.63, 3.8) is 0 Å². The fourth-order valence-electron chi connectivity index (χ4n) is 3.23. The lowest BCUT2D eigenvalue weighted by atomic mass is 10.1. The van der Waals surface area contributed by atoms with Gasteiger partial charge < -0.3 is 24.3 Å². The SMILES string of the molecule is C=CC(=O)OCCCCOc1ccc(C(=O)Oc2cc(NC(=O)c3ccccc3)ccc2C(=O)OC)cc1. The average molecular weight is 518 g/mol. The van der Waals surface area contributed by atoms with E-state index in [1.165, 1.54) is 37.4 Å². The number of carbonyl (C=O) groups is 4. The number of anilines is 1. The van der Waals surface area contributed by atoms with Crippen LogP contribution in [0.15, 0.2) is 85.5 Å². The first-order chi connectivity index (χ1) is 18.4. The molecule has 3 aromatic rings. The van der Waals surface area contributed by atoms with Crippen LogP contribution in [-0.2, 0) is 14.3 Å². The maximum Gasteiger partial charge on any atom is 0.343 e. The quantitative estimate of drug-likeness (QED) is 0.157. The largest absolute Gasteiger partial charge is 0.494 e. The fourth-order valence-corrected chi connectivity index (χ4v) is 3.23. The third-order valence-electron chi connectivity index (χ3n) is 5.19. The van der Waals surface area contributed by atoms with Gasteiger partial charge >= 0.3 is 17.9 Å². The first-order valence-corrected chi connectivity index (χ1v) is 11.7. The number of nitrogens with one attached hydrogen (secondary N) is 1. The molecule has 0 unspecified atom stereocenters. The van der Waals surface area contributed by atoms with Crippen LogP contribution in [0.2, 0.25) is 0 Å². The van der Waals surface area contributed by atoms with Gasteiger partial charge in [-0.15, -0.1) is 0 Å². The predicted octanol–water partition coefficient (Wildman–Crippen LogP) is 4.83. The lowest BCUT2D eigenvalue weighted by Gasteiger charge is -2.12. The van der Waals surface area contributed by atoms with Gasteiger partial charge in [0.25, 0.3) is 5.91 Å². The number of hydrogen-bond donors (Lipinski definition) is 1. The molecule has 0 aliphatic heterocycles. The summed E-state index contributed by atoms with van der Waals surface area (Å²) >= 11 is 0. The van der Waals surface area contributed by atoms with Crippen molar-refractivity contribution in [3.05, 3.63) is 102 Å². The molecule has 1 N–H and O–H groups in total. The predicted molar refractivity (Wildman–Crippen MR) is 139 cm³/mol. The molecule has 0 fully saturated rings. The lowest BCUT2D eigenvalue weighted by Crippen LogP contribution is -2.15. The van der Waals surface area contributed by atoms with Gasteiger partial charge in [-0.2, -0.15) is 0 Å². The number of esters is 3. The van der Waals surface area contributed by atoms with Crippen LogP contribution in [0.5, 0.6) is 11.5 Å². The van der Waals surface area contributed by atoms with Crippen LogP contribution in [0.4, 0.5) is 5.69 Å². The second kappa shape index (κ2) is 14.0. The minimum absolute atomic E-state index is 0.0253. The van der Waals surface area contributed by atoms with E-state index in [0.29, 0.717) is 36.4 Å². The summed E-state index contributed by atoms with van der Waals surface area (Å²) in [7, 11) is 1.21. The van der Waals surface area contributed by atoms with Crippen LogP contribution in [0, 0.1) is 0 Å². The molecule has 196 valence electrons. The zero-order valence-electron chi connectivity index (χ0n) is 20.8. The van der Waals surface area contributed by atoms with E-state index in [-0.39, 0.29) is 29.4 Å². The Morgan fingerprint density at radius 3 is 2.24 bits per heavy atom. The third kappa shape index (κ3) is 8.06. The Kier molecular flexibility index (Phi) is 10.2. The van der Waals surface area contributed by atoms with Crippen LogP contribution in [0.25, 0.3) is 0 Å². The number of benzene rings is 3. The fraction of sp³-hybridized carbons (Fsp3) is 0.172. The number of amides is 1. The van der Waals surface area contributed by atoms with Crippen LogP contribution < -0.4 is 14.8 Å². The van der Waals surface area contributed by atoms with E-state index in [4.69, 9.17) is 18.9 Å². The molecule has 0 aliphatic rings.